The molecule has 4 unspecified atom stereocenters. The van der Waals surface area contributed by atoms with Crippen LogP contribution < -0.4 is 5.32 Å². The van der Waals surface area contributed by atoms with E-state index in [0.717, 1.165) is 23.4 Å². The molecule has 0 radical (unpaired) electrons. The SMILES string of the molecule is CNC(c1ccc(C)nc1)C1CC2CCC1C2. The molecule has 2 aliphatic rings. The summed E-state index contributed by atoms with van der Waals surface area (Å²) in [5, 5.41) is 3.52. The number of hydrogen-bond acceptors (Lipinski definition) is 2. The molecule has 2 nitrogen and oxygen atoms in total. The number of fused-ring (bicyclic) bond motifs is 2. The van der Waals surface area contributed by atoms with Crippen LogP contribution >= 0.6 is 0 Å². The van der Waals surface area contributed by atoms with Gasteiger partial charge in [0.15, 0.2) is 0 Å². The van der Waals surface area contributed by atoms with Gasteiger partial charge in [-0.3, -0.25) is 4.98 Å². The summed E-state index contributed by atoms with van der Waals surface area (Å²) in [6.45, 7) is 2.05. The first-order valence-corrected chi connectivity index (χ1v) is 6.87. The van der Waals surface area contributed by atoms with Crippen molar-refractivity contribution in [2.24, 2.45) is 17.8 Å². The average molecular weight is 230 g/mol. The Balaban J connectivity index is 1.81. The number of hydrogen-bond donors (Lipinski definition) is 1. The molecule has 2 aliphatic carbocycles. The molecule has 1 heterocycles. The summed E-state index contributed by atoms with van der Waals surface area (Å²) in [6.07, 6.45) is 7.88. The first-order valence-electron chi connectivity index (χ1n) is 6.87. The van der Waals surface area contributed by atoms with Gasteiger partial charge in [0.1, 0.15) is 0 Å². The molecule has 1 aromatic heterocycles. The third kappa shape index (κ3) is 1.99. The summed E-state index contributed by atoms with van der Waals surface area (Å²) in [4.78, 5) is 4.44. The van der Waals surface area contributed by atoms with E-state index < -0.39 is 0 Å². The zero-order valence-electron chi connectivity index (χ0n) is 10.8. The highest BCUT2D eigenvalue weighted by Gasteiger charge is 2.43. The van der Waals surface area contributed by atoms with E-state index in [0.29, 0.717) is 6.04 Å². The van der Waals surface area contributed by atoms with E-state index in [-0.39, 0.29) is 0 Å². The lowest BCUT2D eigenvalue weighted by atomic mass is 9.81. The zero-order chi connectivity index (χ0) is 11.8. The Hall–Kier alpha value is -0.890. The van der Waals surface area contributed by atoms with E-state index in [1.54, 1.807) is 0 Å². The molecule has 0 aliphatic heterocycles. The predicted molar refractivity (Wildman–Crippen MR) is 69.7 cm³/mol. The van der Waals surface area contributed by atoms with Gasteiger partial charge in [-0.05, 0) is 62.6 Å². The second-order valence-electron chi connectivity index (χ2n) is 5.84. The lowest BCUT2D eigenvalue weighted by molar-refractivity contribution is 0.259. The van der Waals surface area contributed by atoms with Crippen molar-refractivity contribution in [3.63, 3.8) is 0 Å². The van der Waals surface area contributed by atoms with E-state index in [1.807, 2.05) is 0 Å². The fraction of sp³-hybridized carbons (Fsp3) is 0.667. The lowest BCUT2D eigenvalue weighted by Gasteiger charge is -2.30. The Morgan fingerprint density at radius 2 is 2.18 bits per heavy atom. The summed E-state index contributed by atoms with van der Waals surface area (Å²) in [5.74, 6) is 2.81. The van der Waals surface area contributed by atoms with Crippen LogP contribution in [0.2, 0.25) is 0 Å². The van der Waals surface area contributed by atoms with Crippen molar-refractivity contribution in [2.45, 2.75) is 38.6 Å². The fourth-order valence-corrected chi connectivity index (χ4v) is 3.99. The zero-order valence-corrected chi connectivity index (χ0v) is 10.8. The van der Waals surface area contributed by atoms with Crippen molar-refractivity contribution in [3.8, 4) is 0 Å². The highest BCUT2D eigenvalue weighted by molar-refractivity contribution is 5.19. The maximum Gasteiger partial charge on any atom is 0.0372 e. The quantitative estimate of drug-likeness (QED) is 0.863. The first kappa shape index (κ1) is 11.2. The summed E-state index contributed by atoms with van der Waals surface area (Å²) < 4.78 is 0. The second-order valence-corrected chi connectivity index (χ2v) is 5.84. The van der Waals surface area contributed by atoms with Gasteiger partial charge in [-0.2, -0.15) is 0 Å². The molecule has 2 saturated carbocycles. The smallest absolute Gasteiger partial charge is 0.0372 e. The van der Waals surface area contributed by atoms with Crippen LogP contribution in [0.1, 0.15) is 43.0 Å². The van der Waals surface area contributed by atoms with Crippen LogP contribution in [0.3, 0.4) is 0 Å². The van der Waals surface area contributed by atoms with E-state index >= 15 is 0 Å². The van der Waals surface area contributed by atoms with Crippen LogP contribution in [-0.4, -0.2) is 12.0 Å². The van der Waals surface area contributed by atoms with Gasteiger partial charge < -0.3 is 5.32 Å². The first-order chi connectivity index (χ1) is 8.28. The standard InChI is InChI=1S/C15H22N2/c1-10-3-5-13(9-17-10)15(16-2)14-8-11-4-6-12(14)7-11/h3,5,9,11-12,14-16H,4,6-8H2,1-2H3. The van der Waals surface area contributed by atoms with E-state index in [9.17, 15) is 0 Å². The Morgan fingerprint density at radius 1 is 1.29 bits per heavy atom. The molecule has 1 N–H and O–H groups in total. The van der Waals surface area contributed by atoms with E-state index in [1.165, 1.54) is 31.2 Å². The Morgan fingerprint density at radius 3 is 2.71 bits per heavy atom. The molecule has 0 spiro atoms. The molecule has 0 aromatic carbocycles. The van der Waals surface area contributed by atoms with Gasteiger partial charge in [-0.15, -0.1) is 0 Å². The van der Waals surface area contributed by atoms with Crippen molar-refractivity contribution >= 4 is 0 Å². The van der Waals surface area contributed by atoms with Crippen molar-refractivity contribution < 1.29 is 0 Å². The van der Waals surface area contributed by atoms with Crippen LogP contribution in [0, 0.1) is 24.7 Å². The monoisotopic (exact) mass is 230 g/mol. The van der Waals surface area contributed by atoms with Gasteiger partial charge in [0.2, 0.25) is 0 Å². The number of pyridine rings is 1. The largest absolute Gasteiger partial charge is 0.313 e. The summed E-state index contributed by atoms with van der Waals surface area (Å²) >= 11 is 0. The topological polar surface area (TPSA) is 24.9 Å². The maximum absolute atomic E-state index is 4.44. The predicted octanol–water partition coefficient (Wildman–Crippen LogP) is 3.09. The van der Waals surface area contributed by atoms with Gasteiger partial charge in [-0.25, -0.2) is 0 Å². The van der Waals surface area contributed by atoms with Gasteiger partial charge >= 0.3 is 0 Å². The minimum Gasteiger partial charge on any atom is -0.313 e. The minimum absolute atomic E-state index is 0.512. The minimum atomic E-state index is 0.512. The molecule has 2 fully saturated rings. The van der Waals surface area contributed by atoms with E-state index in [2.05, 4.69) is 42.6 Å². The number of nitrogens with zero attached hydrogens (tertiary/aromatic N) is 1. The Kier molecular flexibility index (Phi) is 2.91. The summed E-state index contributed by atoms with van der Waals surface area (Å²) in [6, 6.07) is 4.89. The molecule has 0 saturated heterocycles. The molecular formula is C15H22N2. The maximum atomic E-state index is 4.44. The second kappa shape index (κ2) is 4.41. The molecule has 0 amide bonds. The highest BCUT2D eigenvalue weighted by Crippen LogP contribution is 2.52. The van der Waals surface area contributed by atoms with Crippen molar-refractivity contribution in [2.75, 3.05) is 7.05 Å². The van der Waals surface area contributed by atoms with Crippen LogP contribution in [-0.2, 0) is 0 Å². The molecule has 1 aromatic rings. The summed E-state index contributed by atoms with van der Waals surface area (Å²) in [7, 11) is 2.09. The Bertz CT molecular complexity index is 384. The van der Waals surface area contributed by atoms with Crippen molar-refractivity contribution in [3.05, 3.63) is 29.6 Å². The highest BCUT2D eigenvalue weighted by atomic mass is 14.9. The van der Waals surface area contributed by atoms with Crippen LogP contribution in [0.4, 0.5) is 0 Å². The molecule has 3 rings (SSSR count). The van der Waals surface area contributed by atoms with Crippen molar-refractivity contribution in [1.29, 1.82) is 0 Å². The molecule has 2 heteroatoms. The number of aromatic nitrogens is 1. The number of aryl methyl sites for hydroxylation is 1. The van der Waals surface area contributed by atoms with Gasteiger partial charge in [-0.1, -0.05) is 12.5 Å². The number of nitrogens with one attached hydrogen (secondary N) is 1. The Labute approximate surface area is 104 Å². The fourth-order valence-electron chi connectivity index (χ4n) is 3.99. The van der Waals surface area contributed by atoms with Gasteiger partial charge in [0.05, 0.1) is 0 Å². The molecule has 92 valence electrons. The van der Waals surface area contributed by atoms with Crippen LogP contribution in [0.15, 0.2) is 18.3 Å². The third-order valence-electron chi connectivity index (χ3n) is 4.83. The third-order valence-corrected chi connectivity index (χ3v) is 4.83. The van der Waals surface area contributed by atoms with Crippen LogP contribution in [0.25, 0.3) is 0 Å². The van der Waals surface area contributed by atoms with Gasteiger partial charge in [0.25, 0.3) is 0 Å². The normalized spacial score (nSPS) is 32.9. The number of rotatable bonds is 3. The molecule has 17 heavy (non-hydrogen) atoms. The average Bonchev–Trinajstić information content (AvgIpc) is 2.95. The van der Waals surface area contributed by atoms with Crippen LogP contribution in [0.5, 0.6) is 0 Å². The van der Waals surface area contributed by atoms with Crippen molar-refractivity contribution in [1.82, 2.24) is 10.3 Å². The summed E-state index contributed by atoms with van der Waals surface area (Å²) in [5.41, 5.74) is 2.48. The lowest BCUT2D eigenvalue weighted by Crippen LogP contribution is -2.29. The molecular weight excluding hydrogens is 208 g/mol. The van der Waals surface area contributed by atoms with Gasteiger partial charge in [0, 0.05) is 17.9 Å². The molecule has 2 bridgehead atoms. The van der Waals surface area contributed by atoms with E-state index in [4.69, 9.17) is 0 Å². The molecule has 4 atom stereocenters.